The molecule has 1 aromatic heterocycles. The van der Waals surface area contributed by atoms with Gasteiger partial charge < -0.3 is 20.4 Å². The van der Waals surface area contributed by atoms with Crippen molar-refractivity contribution in [2.45, 2.75) is 18.2 Å². The monoisotopic (exact) mass is 573 g/mol. The molecule has 8 nitrogen and oxygen atoms in total. The van der Waals surface area contributed by atoms with Crippen molar-refractivity contribution in [3.8, 4) is 0 Å². The van der Waals surface area contributed by atoms with Gasteiger partial charge in [0.1, 0.15) is 0 Å². The number of rotatable bonds is 7. The van der Waals surface area contributed by atoms with Gasteiger partial charge in [0, 0.05) is 37.6 Å². The Morgan fingerprint density at radius 3 is 2.42 bits per heavy atom. The Kier molecular flexibility index (Phi) is 8.49. The Morgan fingerprint density at radius 2 is 1.68 bits per heavy atom. The summed E-state index contributed by atoms with van der Waals surface area (Å²) in [6, 6.07) is 18.4. The number of aromatic nitrogens is 1. The second-order valence-electron chi connectivity index (χ2n) is 9.91. The Bertz CT molecular complexity index is 1580. The van der Waals surface area contributed by atoms with E-state index in [4.69, 9.17) is 0 Å². The largest absolute Gasteiger partial charge is 0.336 e. The fourth-order valence-corrected chi connectivity index (χ4v) is 6.46. The van der Waals surface area contributed by atoms with Gasteiger partial charge in [0.05, 0.1) is 27.1 Å². The highest BCUT2D eigenvalue weighted by atomic mass is 32.2. The third kappa shape index (κ3) is 6.52. The van der Waals surface area contributed by atoms with Crippen molar-refractivity contribution in [2.24, 2.45) is 0 Å². The Balaban J connectivity index is 1.23. The second kappa shape index (κ2) is 12.2. The van der Waals surface area contributed by atoms with Gasteiger partial charge in [-0.15, -0.1) is 11.3 Å². The first-order valence-electron chi connectivity index (χ1n) is 13.1. The zero-order valence-electron chi connectivity index (χ0n) is 22.7. The molecule has 1 aliphatic heterocycles. The van der Waals surface area contributed by atoms with Crippen LogP contribution < -0.4 is 10.6 Å². The number of benzene rings is 3. The normalized spacial score (nSPS) is 13.8. The number of hydrogen-bond acceptors (Lipinski definition) is 7. The van der Waals surface area contributed by atoms with Gasteiger partial charge in [0.2, 0.25) is 5.91 Å². The highest BCUT2D eigenvalue weighted by Crippen LogP contribution is 2.32. The van der Waals surface area contributed by atoms with E-state index in [9.17, 15) is 14.4 Å². The van der Waals surface area contributed by atoms with Crippen molar-refractivity contribution in [3.63, 3.8) is 0 Å². The molecule has 4 aromatic rings. The van der Waals surface area contributed by atoms with Crippen LogP contribution in [0.5, 0.6) is 0 Å². The standard InChI is InChI=1S/C30H31N5O3S2/c1-19-8-10-24(20(2)16-19)32-27(36)18-39-30-33-25-11-9-21(17-26(25)40-30)31-28(37)22-6-4-5-7-23(22)29(38)35-14-12-34(3)13-15-35/h4-11,16-17H,12-15,18H2,1-3H3,(H,31,37)(H,32,36). The van der Waals surface area contributed by atoms with E-state index in [0.29, 0.717) is 29.9 Å². The molecule has 1 aliphatic rings. The quantitative estimate of drug-likeness (QED) is 0.292. The van der Waals surface area contributed by atoms with Crippen LogP contribution >= 0.6 is 23.1 Å². The predicted octanol–water partition coefficient (Wildman–Crippen LogP) is 5.28. The van der Waals surface area contributed by atoms with Crippen LogP contribution in [-0.2, 0) is 4.79 Å². The van der Waals surface area contributed by atoms with Crippen LogP contribution in [0, 0.1) is 13.8 Å². The van der Waals surface area contributed by atoms with Gasteiger partial charge in [-0.25, -0.2) is 4.98 Å². The smallest absolute Gasteiger partial charge is 0.256 e. The molecular weight excluding hydrogens is 542 g/mol. The molecule has 40 heavy (non-hydrogen) atoms. The number of likely N-dealkylation sites (N-methyl/N-ethyl adjacent to an activating group) is 1. The zero-order valence-corrected chi connectivity index (χ0v) is 24.3. The lowest BCUT2D eigenvalue weighted by Gasteiger charge is -2.32. The summed E-state index contributed by atoms with van der Waals surface area (Å²) in [6.45, 7) is 6.90. The molecule has 5 rings (SSSR count). The van der Waals surface area contributed by atoms with Gasteiger partial charge in [0.15, 0.2) is 4.34 Å². The summed E-state index contributed by atoms with van der Waals surface area (Å²) in [5.74, 6) is -0.303. The summed E-state index contributed by atoms with van der Waals surface area (Å²) in [6.07, 6.45) is 0. The molecule has 0 spiro atoms. The SMILES string of the molecule is Cc1ccc(NC(=O)CSc2nc3ccc(NC(=O)c4ccccc4C(=O)N4CCN(C)CC4)cc3s2)c(C)c1. The number of carbonyl (C=O) groups excluding carboxylic acids is 3. The number of fused-ring (bicyclic) bond motifs is 1. The van der Waals surface area contributed by atoms with Gasteiger partial charge >= 0.3 is 0 Å². The van der Waals surface area contributed by atoms with Crippen LogP contribution in [0.1, 0.15) is 31.8 Å². The molecule has 3 aromatic carbocycles. The number of carbonyl (C=O) groups is 3. The molecule has 0 unspecified atom stereocenters. The van der Waals surface area contributed by atoms with Crippen LogP contribution in [0.2, 0.25) is 0 Å². The Hall–Kier alpha value is -3.73. The molecule has 0 atom stereocenters. The summed E-state index contributed by atoms with van der Waals surface area (Å²) in [5, 5.41) is 5.91. The summed E-state index contributed by atoms with van der Waals surface area (Å²) in [7, 11) is 2.04. The molecule has 0 bridgehead atoms. The number of nitrogens with zero attached hydrogens (tertiary/aromatic N) is 3. The first-order chi connectivity index (χ1) is 19.3. The maximum atomic E-state index is 13.2. The number of amides is 3. The van der Waals surface area contributed by atoms with Gasteiger partial charge in [-0.2, -0.15) is 0 Å². The molecule has 2 N–H and O–H groups in total. The van der Waals surface area contributed by atoms with Crippen LogP contribution in [0.15, 0.2) is 65.0 Å². The van der Waals surface area contributed by atoms with E-state index in [1.54, 1.807) is 35.2 Å². The fraction of sp³-hybridized carbons (Fsp3) is 0.267. The van der Waals surface area contributed by atoms with E-state index in [1.807, 2.05) is 51.2 Å². The lowest BCUT2D eigenvalue weighted by atomic mass is 10.0. The average Bonchev–Trinajstić information content (AvgIpc) is 3.36. The first-order valence-corrected chi connectivity index (χ1v) is 14.9. The van der Waals surface area contributed by atoms with Gasteiger partial charge in [-0.3, -0.25) is 14.4 Å². The summed E-state index contributed by atoms with van der Waals surface area (Å²) in [5.41, 5.74) is 5.16. The molecule has 0 aliphatic carbocycles. The van der Waals surface area contributed by atoms with Gasteiger partial charge in [0.25, 0.3) is 11.8 Å². The minimum atomic E-state index is -0.334. The summed E-state index contributed by atoms with van der Waals surface area (Å²) in [4.78, 5) is 47.6. The minimum absolute atomic E-state index is 0.0889. The number of hydrogen-bond donors (Lipinski definition) is 2. The number of aryl methyl sites for hydroxylation is 2. The van der Waals surface area contributed by atoms with Gasteiger partial charge in [-0.05, 0) is 62.9 Å². The van der Waals surface area contributed by atoms with E-state index in [2.05, 4.69) is 20.5 Å². The Labute approximate surface area is 241 Å². The lowest BCUT2D eigenvalue weighted by Crippen LogP contribution is -2.47. The van der Waals surface area contributed by atoms with Crippen molar-refractivity contribution in [1.29, 1.82) is 0 Å². The van der Waals surface area contributed by atoms with Crippen molar-refractivity contribution in [3.05, 3.63) is 82.9 Å². The average molecular weight is 574 g/mol. The van der Waals surface area contributed by atoms with E-state index in [0.717, 1.165) is 44.5 Å². The maximum absolute atomic E-state index is 13.2. The molecule has 1 fully saturated rings. The second-order valence-corrected chi connectivity index (χ2v) is 12.2. The van der Waals surface area contributed by atoms with Crippen molar-refractivity contribution >= 4 is 62.4 Å². The molecule has 2 heterocycles. The first kappa shape index (κ1) is 27.8. The number of anilines is 2. The third-order valence-electron chi connectivity index (χ3n) is 6.80. The van der Waals surface area contributed by atoms with Crippen LogP contribution in [0.4, 0.5) is 11.4 Å². The summed E-state index contributed by atoms with van der Waals surface area (Å²) < 4.78 is 1.68. The van der Waals surface area contributed by atoms with E-state index in [-0.39, 0.29) is 23.5 Å². The molecule has 1 saturated heterocycles. The topological polar surface area (TPSA) is 94.6 Å². The number of thiazole rings is 1. The predicted molar refractivity (Wildman–Crippen MR) is 163 cm³/mol. The van der Waals surface area contributed by atoms with Crippen molar-refractivity contribution in [1.82, 2.24) is 14.8 Å². The lowest BCUT2D eigenvalue weighted by molar-refractivity contribution is -0.113. The Morgan fingerprint density at radius 1 is 0.925 bits per heavy atom. The molecule has 206 valence electrons. The van der Waals surface area contributed by atoms with E-state index < -0.39 is 0 Å². The zero-order chi connectivity index (χ0) is 28.2. The number of piperazine rings is 1. The van der Waals surface area contributed by atoms with Crippen molar-refractivity contribution in [2.75, 3.05) is 49.6 Å². The van der Waals surface area contributed by atoms with Crippen LogP contribution in [-0.4, -0.2) is 71.5 Å². The van der Waals surface area contributed by atoms with Crippen molar-refractivity contribution < 1.29 is 14.4 Å². The minimum Gasteiger partial charge on any atom is -0.336 e. The molecule has 0 radical (unpaired) electrons. The van der Waals surface area contributed by atoms with E-state index >= 15 is 0 Å². The number of nitrogens with one attached hydrogen (secondary N) is 2. The maximum Gasteiger partial charge on any atom is 0.256 e. The van der Waals surface area contributed by atoms with E-state index in [1.165, 1.54) is 23.1 Å². The van der Waals surface area contributed by atoms with Crippen LogP contribution in [0.25, 0.3) is 10.2 Å². The van der Waals surface area contributed by atoms with Crippen LogP contribution in [0.3, 0.4) is 0 Å². The fourth-order valence-electron chi connectivity index (χ4n) is 4.56. The molecule has 3 amide bonds. The molecular formula is C30H31N5O3S2. The molecule has 10 heteroatoms. The number of thioether (sulfide) groups is 1. The van der Waals surface area contributed by atoms with Gasteiger partial charge in [-0.1, -0.05) is 41.6 Å². The highest BCUT2D eigenvalue weighted by Gasteiger charge is 2.24. The summed E-state index contributed by atoms with van der Waals surface area (Å²) >= 11 is 2.85. The molecule has 0 saturated carbocycles. The highest BCUT2D eigenvalue weighted by molar-refractivity contribution is 8.01. The third-order valence-corrected chi connectivity index (χ3v) is 8.96.